The van der Waals surface area contributed by atoms with Crippen molar-refractivity contribution in [3.8, 4) is 0 Å². The molecule has 1 aliphatic heterocycles. The van der Waals surface area contributed by atoms with Crippen LogP contribution >= 0.6 is 11.3 Å². The molecule has 1 fully saturated rings. The minimum absolute atomic E-state index is 0.0496. The van der Waals surface area contributed by atoms with E-state index in [1.807, 2.05) is 4.90 Å². The molecule has 0 bridgehead atoms. The topological polar surface area (TPSA) is 46.6 Å². The molecule has 2 heterocycles. The number of amides is 1. The van der Waals surface area contributed by atoms with Crippen LogP contribution in [-0.2, 0) is 11.3 Å². The molecule has 1 saturated heterocycles. The fourth-order valence-corrected chi connectivity index (χ4v) is 4.12. The minimum atomic E-state index is -0.436. The Labute approximate surface area is 160 Å². The number of esters is 1. The lowest BCUT2D eigenvalue weighted by atomic mass is 10.1. The van der Waals surface area contributed by atoms with Crippen LogP contribution in [0.3, 0.4) is 0 Å². The van der Waals surface area contributed by atoms with E-state index in [0.29, 0.717) is 15.8 Å². The number of rotatable bonds is 4. The molecule has 4 rings (SSSR count). The van der Waals surface area contributed by atoms with Crippen LogP contribution in [0.15, 0.2) is 48.5 Å². The lowest BCUT2D eigenvalue weighted by Gasteiger charge is -2.15. The van der Waals surface area contributed by atoms with Gasteiger partial charge in [-0.3, -0.25) is 4.79 Å². The monoisotopic (exact) mass is 383 g/mol. The molecule has 0 radical (unpaired) electrons. The number of carbonyl (C=O) groups is 2. The van der Waals surface area contributed by atoms with Gasteiger partial charge in [-0.1, -0.05) is 12.1 Å². The summed E-state index contributed by atoms with van der Waals surface area (Å²) in [5.41, 5.74) is 1.46. The highest BCUT2D eigenvalue weighted by Gasteiger charge is 2.19. The maximum atomic E-state index is 13.3. The van der Waals surface area contributed by atoms with Gasteiger partial charge in [0.1, 0.15) is 17.3 Å². The first kappa shape index (κ1) is 17.7. The molecule has 138 valence electrons. The summed E-state index contributed by atoms with van der Waals surface area (Å²) in [6.45, 7) is 1.76. The van der Waals surface area contributed by atoms with Gasteiger partial charge >= 0.3 is 5.97 Å². The highest BCUT2D eigenvalue weighted by molar-refractivity contribution is 7.20. The van der Waals surface area contributed by atoms with Gasteiger partial charge in [0.15, 0.2) is 0 Å². The smallest absolute Gasteiger partial charge is 0.348 e. The second kappa shape index (κ2) is 7.48. The predicted molar refractivity (Wildman–Crippen MR) is 102 cm³/mol. The lowest BCUT2D eigenvalue weighted by molar-refractivity contribution is 0.0478. The molecule has 1 aliphatic rings. The fraction of sp³-hybridized carbons (Fsp3) is 0.238. The Bertz CT molecular complexity index is 990. The Hall–Kier alpha value is -2.73. The van der Waals surface area contributed by atoms with Crippen molar-refractivity contribution >= 4 is 33.3 Å². The first-order valence-electron chi connectivity index (χ1n) is 8.84. The molecule has 6 heteroatoms. The summed E-state index contributed by atoms with van der Waals surface area (Å²) >= 11 is 1.28. The summed E-state index contributed by atoms with van der Waals surface area (Å²) < 4.78 is 19.5. The van der Waals surface area contributed by atoms with Crippen LogP contribution in [0.2, 0.25) is 0 Å². The zero-order chi connectivity index (χ0) is 18.8. The van der Waals surface area contributed by atoms with E-state index in [1.165, 1.54) is 23.5 Å². The molecule has 0 atom stereocenters. The Morgan fingerprint density at radius 3 is 2.52 bits per heavy atom. The zero-order valence-corrected chi connectivity index (χ0v) is 15.4. The van der Waals surface area contributed by atoms with Crippen molar-refractivity contribution in [2.24, 2.45) is 0 Å². The van der Waals surface area contributed by atoms with E-state index in [0.717, 1.165) is 36.2 Å². The number of hydrogen-bond acceptors (Lipinski definition) is 4. The van der Waals surface area contributed by atoms with Crippen molar-refractivity contribution in [3.63, 3.8) is 0 Å². The Morgan fingerprint density at radius 2 is 1.78 bits per heavy atom. The van der Waals surface area contributed by atoms with E-state index < -0.39 is 5.97 Å². The summed E-state index contributed by atoms with van der Waals surface area (Å²) in [4.78, 5) is 26.9. The first-order chi connectivity index (χ1) is 13.1. The average Bonchev–Trinajstić information content (AvgIpc) is 3.35. The van der Waals surface area contributed by atoms with Gasteiger partial charge in [-0.25, -0.2) is 9.18 Å². The third-order valence-electron chi connectivity index (χ3n) is 4.64. The van der Waals surface area contributed by atoms with E-state index in [4.69, 9.17) is 4.74 Å². The van der Waals surface area contributed by atoms with Gasteiger partial charge in [0.25, 0.3) is 5.91 Å². The number of hydrogen-bond donors (Lipinski definition) is 0. The summed E-state index contributed by atoms with van der Waals surface area (Å²) in [7, 11) is 0. The maximum Gasteiger partial charge on any atom is 0.348 e. The summed E-state index contributed by atoms with van der Waals surface area (Å²) in [6.07, 6.45) is 2.12. The van der Waals surface area contributed by atoms with Crippen molar-refractivity contribution in [2.45, 2.75) is 19.4 Å². The Morgan fingerprint density at radius 1 is 1.04 bits per heavy atom. The third-order valence-corrected chi connectivity index (χ3v) is 5.74. The predicted octanol–water partition coefficient (Wildman–Crippen LogP) is 4.63. The molecule has 2 aromatic carbocycles. The fourth-order valence-electron chi connectivity index (χ4n) is 3.18. The van der Waals surface area contributed by atoms with Crippen LogP contribution < -0.4 is 0 Å². The number of halogens is 1. The summed E-state index contributed by atoms with van der Waals surface area (Å²) in [5, 5.41) is 0.691. The molecule has 27 heavy (non-hydrogen) atoms. The van der Waals surface area contributed by atoms with E-state index in [2.05, 4.69) is 0 Å². The number of fused-ring (bicyclic) bond motifs is 1. The van der Waals surface area contributed by atoms with Gasteiger partial charge in [0, 0.05) is 23.4 Å². The molecule has 1 amide bonds. The van der Waals surface area contributed by atoms with Crippen molar-refractivity contribution in [1.82, 2.24) is 4.90 Å². The highest BCUT2D eigenvalue weighted by atomic mass is 32.1. The van der Waals surface area contributed by atoms with Gasteiger partial charge in [0.05, 0.1) is 0 Å². The lowest BCUT2D eigenvalue weighted by Crippen LogP contribution is -2.27. The van der Waals surface area contributed by atoms with E-state index in [1.54, 1.807) is 36.4 Å². The van der Waals surface area contributed by atoms with Crippen LogP contribution in [0.5, 0.6) is 0 Å². The Kier molecular flexibility index (Phi) is 4.90. The van der Waals surface area contributed by atoms with Crippen LogP contribution in [0.4, 0.5) is 4.39 Å². The van der Waals surface area contributed by atoms with Gasteiger partial charge < -0.3 is 9.64 Å². The number of likely N-dealkylation sites (tertiary alicyclic amines) is 1. The number of carbonyl (C=O) groups excluding carboxylic acids is 2. The Balaban J connectivity index is 1.38. The third kappa shape index (κ3) is 3.85. The number of nitrogens with zero attached hydrogens (tertiary/aromatic N) is 1. The van der Waals surface area contributed by atoms with Crippen molar-refractivity contribution in [2.75, 3.05) is 13.1 Å². The van der Waals surface area contributed by atoms with Gasteiger partial charge in [-0.15, -0.1) is 11.3 Å². The molecule has 0 unspecified atom stereocenters. The van der Waals surface area contributed by atoms with E-state index in [9.17, 15) is 14.0 Å². The van der Waals surface area contributed by atoms with Crippen LogP contribution in [0.1, 0.15) is 38.4 Å². The second-order valence-corrected chi connectivity index (χ2v) is 7.65. The van der Waals surface area contributed by atoms with Crippen LogP contribution in [0.25, 0.3) is 10.1 Å². The summed E-state index contributed by atoms with van der Waals surface area (Å²) in [6, 6.07) is 13.2. The highest BCUT2D eigenvalue weighted by Crippen LogP contribution is 2.27. The minimum Gasteiger partial charge on any atom is -0.457 e. The second-order valence-electron chi connectivity index (χ2n) is 6.57. The number of thiophene rings is 1. The molecule has 0 saturated carbocycles. The van der Waals surface area contributed by atoms with Crippen molar-refractivity contribution in [1.29, 1.82) is 0 Å². The average molecular weight is 383 g/mol. The molecule has 3 aromatic rings. The van der Waals surface area contributed by atoms with Gasteiger partial charge in [-0.2, -0.15) is 0 Å². The summed E-state index contributed by atoms with van der Waals surface area (Å²) in [5.74, 6) is -0.717. The van der Waals surface area contributed by atoms with Crippen LogP contribution in [0, 0.1) is 5.82 Å². The van der Waals surface area contributed by atoms with Gasteiger partial charge in [-0.05, 0) is 60.2 Å². The molecule has 0 spiro atoms. The zero-order valence-electron chi connectivity index (χ0n) is 14.6. The molecule has 1 aromatic heterocycles. The van der Waals surface area contributed by atoms with Crippen molar-refractivity contribution in [3.05, 3.63) is 70.4 Å². The molecule has 0 aliphatic carbocycles. The SMILES string of the molecule is O=C(OCc1ccc(C(=O)N2CCCC2)cc1)c1cc2cc(F)ccc2s1. The standard InChI is InChI=1S/C21H18FNO3S/c22-17-7-8-18-16(11-17)12-19(27-18)21(25)26-13-14-3-5-15(6-4-14)20(24)23-9-1-2-10-23/h3-8,11-12H,1-2,9-10,13H2. The largest absolute Gasteiger partial charge is 0.457 e. The molecular weight excluding hydrogens is 365 g/mol. The maximum absolute atomic E-state index is 13.3. The number of ether oxygens (including phenoxy) is 1. The molecular formula is C21H18FNO3S. The number of benzene rings is 2. The quantitative estimate of drug-likeness (QED) is 0.617. The molecule has 0 N–H and O–H groups in total. The van der Waals surface area contributed by atoms with E-state index in [-0.39, 0.29) is 18.3 Å². The van der Waals surface area contributed by atoms with E-state index >= 15 is 0 Å². The van der Waals surface area contributed by atoms with Crippen molar-refractivity contribution < 1.29 is 18.7 Å². The normalized spacial score (nSPS) is 13.9. The first-order valence-corrected chi connectivity index (χ1v) is 9.66. The van der Waals surface area contributed by atoms with Crippen LogP contribution in [-0.4, -0.2) is 29.9 Å². The molecule has 4 nitrogen and oxygen atoms in total. The van der Waals surface area contributed by atoms with Gasteiger partial charge in [0.2, 0.25) is 0 Å².